The molecule has 0 atom stereocenters. The number of aryl methyl sites for hydroxylation is 1. The molecule has 0 spiro atoms. The molecule has 2 aromatic carbocycles. The van der Waals surface area contributed by atoms with Crippen LogP contribution in [0.5, 0.6) is 5.75 Å². The summed E-state index contributed by atoms with van der Waals surface area (Å²) in [5, 5.41) is 10.1. The number of aromatic hydroxyl groups is 1. The minimum Gasteiger partial charge on any atom is -0.507 e. The van der Waals surface area contributed by atoms with Crippen molar-refractivity contribution in [2.45, 2.75) is 0 Å². The average molecular weight is 333 g/mol. The summed E-state index contributed by atoms with van der Waals surface area (Å²) in [5.74, 6) is 0.213. The van der Waals surface area contributed by atoms with Crippen LogP contribution in [0.25, 0.3) is 28.1 Å². The molecule has 0 saturated heterocycles. The van der Waals surface area contributed by atoms with Crippen molar-refractivity contribution in [1.82, 2.24) is 14.1 Å². The third-order valence-electron chi connectivity index (χ3n) is 4.10. The molecule has 0 radical (unpaired) electrons. The minimum atomic E-state index is 0.213. The Morgan fingerprint density at radius 1 is 0.917 bits per heavy atom. The molecule has 0 saturated carbocycles. The van der Waals surface area contributed by atoms with Gasteiger partial charge in [-0.3, -0.25) is 4.57 Å². The zero-order valence-corrected chi connectivity index (χ0v) is 13.9. The van der Waals surface area contributed by atoms with Crippen molar-refractivity contribution in [2.24, 2.45) is 7.05 Å². The van der Waals surface area contributed by atoms with Crippen LogP contribution in [0.3, 0.4) is 0 Å². The largest absolute Gasteiger partial charge is 0.507 e. The lowest BCUT2D eigenvalue weighted by Gasteiger charge is -2.06. The molecule has 0 fully saturated rings. The highest BCUT2D eigenvalue weighted by Crippen LogP contribution is 2.29. The van der Waals surface area contributed by atoms with E-state index in [1.165, 1.54) is 0 Å². The van der Waals surface area contributed by atoms with Crippen molar-refractivity contribution in [3.8, 4) is 22.7 Å². The van der Waals surface area contributed by atoms with Gasteiger partial charge in [0, 0.05) is 18.3 Å². The highest BCUT2D eigenvalue weighted by Gasteiger charge is 2.13. The van der Waals surface area contributed by atoms with Gasteiger partial charge in [0.25, 0.3) is 0 Å². The van der Waals surface area contributed by atoms with Gasteiger partial charge in [-0.15, -0.1) is 0 Å². The summed E-state index contributed by atoms with van der Waals surface area (Å²) >= 11 is 5.60. The van der Waals surface area contributed by atoms with Crippen LogP contribution in [0, 0.1) is 4.77 Å². The molecular weight excluding hydrogens is 318 g/mol. The Morgan fingerprint density at radius 3 is 2.38 bits per heavy atom. The topological polar surface area (TPSA) is 43.0 Å². The van der Waals surface area contributed by atoms with Crippen molar-refractivity contribution in [1.29, 1.82) is 0 Å². The first kappa shape index (κ1) is 14.7. The van der Waals surface area contributed by atoms with E-state index in [0.29, 0.717) is 16.0 Å². The Bertz CT molecular complexity index is 1100. The van der Waals surface area contributed by atoms with Gasteiger partial charge in [-0.1, -0.05) is 30.3 Å². The molecule has 0 aliphatic carbocycles. The fraction of sp³-hybridized carbons (Fsp3) is 0.0526. The summed E-state index contributed by atoms with van der Waals surface area (Å²) in [4.78, 5) is 4.78. The van der Waals surface area contributed by atoms with E-state index >= 15 is 0 Å². The number of hydrogen-bond donors (Lipinski definition) is 1. The predicted octanol–water partition coefficient (Wildman–Crippen LogP) is 4.47. The van der Waals surface area contributed by atoms with E-state index in [2.05, 4.69) is 0 Å². The Balaban J connectivity index is 2.04. The number of fused-ring (bicyclic) bond motifs is 1. The maximum absolute atomic E-state index is 10.1. The zero-order valence-electron chi connectivity index (χ0n) is 13.0. The summed E-state index contributed by atoms with van der Waals surface area (Å²) in [6.45, 7) is 0. The molecule has 0 unspecified atom stereocenters. The number of para-hydroxylation sites is 2. The first-order valence-corrected chi connectivity index (χ1v) is 8.00. The summed E-state index contributed by atoms with van der Waals surface area (Å²) in [5.41, 5.74) is 4.10. The number of nitrogens with zero attached hydrogens (tertiary/aromatic N) is 3. The van der Waals surface area contributed by atoms with Crippen molar-refractivity contribution in [2.75, 3.05) is 0 Å². The first-order chi connectivity index (χ1) is 11.7. The smallest absolute Gasteiger partial charge is 0.186 e. The van der Waals surface area contributed by atoms with Gasteiger partial charge in [0.15, 0.2) is 10.4 Å². The summed E-state index contributed by atoms with van der Waals surface area (Å²) in [6, 6.07) is 21.0. The second kappa shape index (κ2) is 5.62. The lowest BCUT2D eigenvalue weighted by Crippen LogP contribution is -1.96. The summed E-state index contributed by atoms with van der Waals surface area (Å²) in [7, 11) is 1.94. The quantitative estimate of drug-likeness (QED) is 0.551. The summed E-state index contributed by atoms with van der Waals surface area (Å²) in [6.07, 6.45) is 0. The number of phenols is 1. The van der Waals surface area contributed by atoms with Crippen LogP contribution in [0.1, 0.15) is 0 Å². The van der Waals surface area contributed by atoms with E-state index in [4.69, 9.17) is 17.2 Å². The molecule has 118 valence electrons. The minimum absolute atomic E-state index is 0.213. The van der Waals surface area contributed by atoms with Crippen LogP contribution in [-0.2, 0) is 7.05 Å². The highest BCUT2D eigenvalue weighted by molar-refractivity contribution is 7.71. The lowest BCUT2D eigenvalue weighted by atomic mass is 10.1. The Labute approximate surface area is 144 Å². The number of rotatable bonds is 2. The van der Waals surface area contributed by atoms with E-state index in [1.54, 1.807) is 12.1 Å². The fourth-order valence-electron chi connectivity index (χ4n) is 2.86. The molecule has 0 aliphatic rings. The molecular formula is C19H15N3OS. The van der Waals surface area contributed by atoms with E-state index in [9.17, 15) is 5.11 Å². The van der Waals surface area contributed by atoms with Crippen LogP contribution in [0.15, 0.2) is 66.7 Å². The van der Waals surface area contributed by atoms with Crippen LogP contribution in [0.2, 0.25) is 0 Å². The van der Waals surface area contributed by atoms with Gasteiger partial charge in [0.1, 0.15) is 5.75 Å². The van der Waals surface area contributed by atoms with Crippen molar-refractivity contribution in [3.63, 3.8) is 0 Å². The number of phenolic OH excluding ortho intramolecular Hbond substituents is 1. The van der Waals surface area contributed by atoms with Crippen LogP contribution < -0.4 is 0 Å². The molecule has 0 amide bonds. The Morgan fingerprint density at radius 2 is 1.62 bits per heavy atom. The summed E-state index contributed by atoms with van der Waals surface area (Å²) < 4.78 is 4.58. The molecule has 2 heterocycles. The molecule has 24 heavy (non-hydrogen) atoms. The van der Waals surface area contributed by atoms with E-state index in [-0.39, 0.29) is 5.75 Å². The molecule has 2 aromatic heterocycles. The molecule has 4 nitrogen and oxygen atoms in total. The normalized spacial score (nSPS) is 11.0. The van der Waals surface area contributed by atoms with Crippen molar-refractivity contribution >= 4 is 23.4 Å². The molecule has 1 N–H and O–H groups in total. The molecule has 0 aliphatic heterocycles. The van der Waals surface area contributed by atoms with E-state index in [1.807, 2.05) is 70.8 Å². The number of benzene rings is 2. The van der Waals surface area contributed by atoms with Crippen LogP contribution in [-0.4, -0.2) is 19.2 Å². The van der Waals surface area contributed by atoms with Crippen molar-refractivity contribution < 1.29 is 5.11 Å². The SMILES string of the molecule is Cn1c(=S)n(-c2ccccc2)c2nc(-c3ccccc3O)ccc21. The van der Waals surface area contributed by atoms with Gasteiger partial charge in [0.2, 0.25) is 0 Å². The maximum atomic E-state index is 10.1. The van der Waals surface area contributed by atoms with Gasteiger partial charge in [-0.2, -0.15) is 0 Å². The second-order valence-corrected chi connectivity index (χ2v) is 5.93. The Kier molecular flexibility index (Phi) is 3.43. The van der Waals surface area contributed by atoms with Gasteiger partial charge < -0.3 is 9.67 Å². The van der Waals surface area contributed by atoms with Gasteiger partial charge in [0.05, 0.1) is 11.2 Å². The first-order valence-electron chi connectivity index (χ1n) is 7.59. The van der Waals surface area contributed by atoms with Gasteiger partial charge >= 0.3 is 0 Å². The zero-order chi connectivity index (χ0) is 16.7. The average Bonchev–Trinajstić information content (AvgIpc) is 2.86. The van der Waals surface area contributed by atoms with Crippen LogP contribution in [0.4, 0.5) is 0 Å². The Hall–Kier alpha value is -2.92. The number of imidazole rings is 1. The standard InChI is InChI=1S/C19H15N3OS/c1-21-16-12-11-15(14-9-5-6-10-17(14)23)20-18(16)22(19(21)24)13-7-3-2-4-8-13/h2-12,23H,1H3. The molecule has 5 heteroatoms. The molecule has 4 aromatic rings. The maximum Gasteiger partial charge on any atom is 0.186 e. The number of hydrogen-bond acceptors (Lipinski definition) is 3. The predicted molar refractivity (Wildman–Crippen MR) is 98.0 cm³/mol. The number of aromatic nitrogens is 3. The molecule has 4 rings (SSSR count). The van der Waals surface area contributed by atoms with Gasteiger partial charge in [-0.05, 0) is 48.6 Å². The third-order valence-corrected chi connectivity index (χ3v) is 4.56. The second-order valence-electron chi connectivity index (χ2n) is 5.57. The third kappa shape index (κ3) is 2.21. The van der Waals surface area contributed by atoms with E-state index in [0.717, 1.165) is 16.9 Å². The molecule has 0 bridgehead atoms. The van der Waals surface area contributed by atoms with E-state index < -0.39 is 0 Å². The highest BCUT2D eigenvalue weighted by atomic mass is 32.1. The lowest BCUT2D eigenvalue weighted by molar-refractivity contribution is 0.477. The van der Waals surface area contributed by atoms with Gasteiger partial charge in [-0.25, -0.2) is 4.98 Å². The number of pyridine rings is 1. The van der Waals surface area contributed by atoms with Crippen molar-refractivity contribution in [3.05, 3.63) is 71.5 Å². The monoisotopic (exact) mass is 333 g/mol. The van der Waals surface area contributed by atoms with Crippen LogP contribution >= 0.6 is 12.2 Å². The fourth-order valence-corrected chi connectivity index (χ4v) is 3.15.